The molecule has 1 heterocycles. The van der Waals surface area contributed by atoms with E-state index in [4.69, 9.17) is 9.15 Å². The van der Waals surface area contributed by atoms with Gasteiger partial charge in [-0.15, -0.1) is 0 Å². The Balaban J connectivity index is 1.48. The van der Waals surface area contributed by atoms with E-state index < -0.39 is 11.8 Å². The van der Waals surface area contributed by atoms with Gasteiger partial charge in [0, 0.05) is 12.0 Å². The fraction of sp³-hybridized carbons (Fsp3) is 0.167. The maximum atomic E-state index is 12.8. The van der Waals surface area contributed by atoms with Crippen LogP contribution in [0.25, 0.3) is 11.1 Å². The summed E-state index contributed by atoms with van der Waals surface area (Å²) in [7, 11) is 0. The molecule has 0 saturated heterocycles. The van der Waals surface area contributed by atoms with Crippen LogP contribution in [0.4, 0.5) is 4.39 Å². The first-order valence-corrected chi connectivity index (χ1v) is 7.40. The summed E-state index contributed by atoms with van der Waals surface area (Å²) in [4.78, 5) is 27.8. The molecule has 6 heteroatoms. The number of aromatic nitrogens is 1. The molecule has 0 spiro atoms. The molecule has 0 saturated carbocycles. The molecule has 24 heavy (non-hydrogen) atoms. The van der Waals surface area contributed by atoms with Gasteiger partial charge in [-0.25, -0.2) is 9.37 Å². The number of Topliss-reactive ketones (excluding diaryl/α,β-unsaturated/α-hetero) is 1. The number of hydrogen-bond acceptors (Lipinski definition) is 5. The van der Waals surface area contributed by atoms with E-state index in [0.717, 1.165) is 0 Å². The van der Waals surface area contributed by atoms with Crippen LogP contribution in [0.15, 0.2) is 52.9 Å². The fourth-order valence-corrected chi connectivity index (χ4v) is 2.19. The van der Waals surface area contributed by atoms with E-state index in [9.17, 15) is 14.0 Å². The van der Waals surface area contributed by atoms with Gasteiger partial charge in [0.1, 0.15) is 11.3 Å². The number of fused-ring (bicyclic) bond motifs is 1. The van der Waals surface area contributed by atoms with Crippen molar-refractivity contribution in [3.8, 4) is 0 Å². The second-order valence-electron chi connectivity index (χ2n) is 5.17. The Bertz CT molecular complexity index is 837. The summed E-state index contributed by atoms with van der Waals surface area (Å²) >= 11 is 0. The van der Waals surface area contributed by atoms with Crippen molar-refractivity contribution in [3.63, 3.8) is 0 Å². The van der Waals surface area contributed by atoms with E-state index in [-0.39, 0.29) is 25.2 Å². The van der Waals surface area contributed by atoms with Crippen molar-refractivity contribution in [1.29, 1.82) is 0 Å². The average Bonchev–Trinajstić information content (AvgIpc) is 3.01. The minimum atomic E-state index is -0.521. The van der Waals surface area contributed by atoms with Crippen LogP contribution >= 0.6 is 0 Å². The molecule has 0 fully saturated rings. The second-order valence-corrected chi connectivity index (χ2v) is 5.17. The molecule has 0 aliphatic heterocycles. The largest absolute Gasteiger partial charge is 0.456 e. The SMILES string of the molecule is O=C(CCC(=O)c1ccc(F)cc1)OCc1nc2ccccc2o1. The molecule has 0 unspecified atom stereocenters. The predicted molar refractivity (Wildman–Crippen MR) is 83.8 cm³/mol. The van der Waals surface area contributed by atoms with E-state index in [2.05, 4.69) is 4.98 Å². The number of ether oxygens (including phenoxy) is 1. The Hall–Kier alpha value is -3.02. The number of carbonyl (C=O) groups excluding carboxylic acids is 2. The zero-order valence-electron chi connectivity index (χ0n) is 12.7. The summed E-state index contributed by atoms with van der Waals surface area (Å²) in [6.45, 7) is -0.0851. The van der Waals surface area contributed by atoms with Crippen LogP contribution in [-0.4, -0.2) is 16.7 Å². The first-order chi connectivity index (χ1) is 11.6. The quantitative estimate of drug-likeness (QED) is 0.510. The summed E-state index contributed by atoms with van der Waals surface area (Å²) in [5, 5.41) is 0. The van der Waals surface area contributed by atoms with Crippen LogP contribution in [0.3, 0.4) is 0 Å². The topological polar surface area (TPSA) is 69.4 Å². The Labute approximate surface area is 137 Å². The normalized spacial score (nSPS) is 10.7. The summed E-state index contributed by atoms with van der Waals surface area (Å²) in [6.07, 6.45) is -0.0610. The molecule has 3 rings (SSSR count). The Morgan fingerprint density at radius 2 is 1.79 bits per heavy atom. The molecule has 0 bridgehead atoms. The van der Waals surface area contributed by atoms with Gasteiger partial charge < -0.3 is 9.15 Å². The van der Waals surface area contributed by atoms with Gasteiger partial charge in [0.15, 0.2) is 18.0 Å². The molecule has 0 N–H and O–H groups in total. The number of halogens is 1. The lowest BCUT2D eigenvalue weighted by molar-refractivity contribution is -0.145. The molecule has 3 aromatic rings. The number of ketones is 1. The molecule has 0 radical (unpaired) electrons. The lowest BCUT2D eigenvalue weighted by Crippen LogP contribution is -2.08. The lowest BCUT2D eigenvalue weighted by Gasteiger charge is -2.02. The summed E-state index contributed by atoms with van der Waals surface area (Å²) in [5.41, 5.74) is 1.67. The first-order valence-electron chi connectivity index (χ1n) is 7.40. The standard InChI is InChI=1S/C18H14FNO4/c19-13-7-5-12(6-8-13)15(21)9-10-18(22)23-11-17-20-14-3-1-2-4-16(14)24-17/h1-8H,9-11H2. The van der Waals surface area contributed by atoms with Gasteiger partial charge >= 0.3 is 5.97 Å². The molecule has 2 aromatic carbocycles. The molecule has 0 amide bonds. The second kappa shape index (κ2) is 7.04. The van der Waals surface area contributed by atoms with E-state index in [1.54, 1.807) is 12.1 Å². The summed E-state index contributed by atoms with van der Waals surface area (Å²) in [5.74, 6) is -0.875. The number of hydrogen-bond donors (Lipinski definition) is 0. The predicted octanol–water partition coefficient (Wildman–Crippen LogP) is 3.67. The number of carbonyl (C=O) groups is 2. The van der Waals surface area contributed by atoms with E-state index in [0.29, 0.717) is 22.6 Å². The van der Waals surface area contributed by atoms with Gasteiger partial charge in [0.25, 0.3) is 0 Å². The van der Waals surface area contributed by atoms with Gasteiger partial charge in [-0.05, 0) is 36.4 Å². The zero-order chi connectivity index (χ0) is 16.9. The van der Waals surface area contributed by atoms with E-state index in [1.165, 1.54) is 24.3 Å². The number of oxazole rings is 1. The van der Waals surface area contributed by atoms with Crippen LogP contribution < -0.4 is 0 Å². The third kappa shape index (κ3) is 3.84. The van der Waals surface area contributed by atoms with Crippen molar-refractivity contribution < 1.29 is 23.1 Å². The van der Waals surface area contributed by atoms with Crippen LogP contribution in [0.2, 0.25) is 0 Å². The molecule has 0 atom stereocenters. The minimum Gasteiger partial charge on any atom is -0.456 e. The highest BCUT2D eigenvalue weighted by atomic mass is 19.1. The molecule has 0 aliphatic rings. The van der Waals surface area contributed by atoms with E-state index in [1.807, 2.05) is 12.1 Å². The number of rotatable bonds is 6. The Morgan fingerprint density at radius 1 is 1.04 bits per heavy atom. The molecule has 122 valence electrons. The smallest absolute Gasteiger partial charge is 0.306 e. The third-order valence-electron chi connectivity index (χ3n) is 3.42. The van der Waals surface area contributed by atoms with Crippen LogP contribution in [-0.2, 0) is 16.1 Å². The van der Waals surface area contributed by atoms with Crippen molar-refractivity contribution in [2.45, 2.75) is 19.4 Å². The average molecular weight is 327 g/mol. The molecule has 1 aromatic heterocycles. The van der Waals surface area contributed by atoms with Crippen molar-refractivity contribution in [2.24, 2.45) is 0 Å². The highest BCUT2D eigenvalue weighted by Gasteiger charge is 2.12. The number of para-hydroxylation sites is 2. The van der Waals surface area contributed by atoms with Gasteiger partial charge in [-0.1, -0.05) is 12.1 Å². The van der Waals surface area contributed by atoms with Crippen LogP contribution in [0.1, 0.15) is 29.1 Å². The molecule has 0 aliphatic carbocycles. The van der Waals surface area contributed by atoms with E-state index >= 15 is 0 Å². The highest BCUT2D eigenvalue weighted by Crippen LogP contribution is 2.15. The maximum Gasteiger partial charge on any atom is 0.306 e. The van der Waals surface area contributed by atoms with Crippen molar-refractivity contribution in [3.05, 3.63) is 65.8 Å². The lowest BCUT2D eigenvalue weighted by atomic mass is 10.1. The van der Waals surface area contributed by atoms with Gasteiger partial charge in [-0.2, -0.15) is 0 Å². The Kier molecular flexibility index (Phi) is 4.65. The third-order valence-corrected chi connectivity index (χ3v) is 3.42. The Morgan fingerprint density at radius 3 is 2.54 bits per heavy atom. The van der Waals surface area contributed by atoms with Gasteiger partial charge in [0.2, 0.25) is 5.89 Å². The monoisotopic (exact) mass is 327 g/mol. The zero-order valence-corrected chi connectivity index (χ0v) is 12.7. The van der Waals surface area contributed by atoms with Crippen molar-refractivity contribution in [1.82, 2.24) is 4.98 Å². The van der Waals surface area contributed by atoms with Crippen molar-refractivity contribution in [2.75, 3.05) is 0 Å². The minimum absolute atomic E-state index is 0.00196. The molecular weight excluding hydrogens is 313 g/mol. The molecular formula is C18H14FNO4. The van der Waals surface area contributed by atoms with Crippen LogP contribution in [0, 0.1) is 5.82 Å². The fourth-order valence-electron chi connectivity index (χ4n) is 2.19. The summed E-state index contributed by atoms with van der Waals surface area (Å²) < 4.78 is 23.3. The number of esters is 1. The number of benzene rings is 2. The van der Waals surface area contributed by atoms with Gasteiger partial charge in [-0.3, -0.25) is 9.59 Å². The van der Waals surface area contributed by atoms with Crippen molar-refractivity contribution >= 4 is 22.9 Å². The highest BCUT2D eigenvalue weighted by molar-refractivity contribution is 5.97. The maximum absolute atomic E-state index is 12.8. The van der Waals surface area contributed by atoms with Gasteiger partial charge in [0.05, 0.1) is 6.42 Å². The first kappa shape index (κ1) is 15.9. The number of nitrogens with zero attached hydrogens (tertiary/aromatic N) is 1. The molecule has 5 nitrogen and oxygen atoms in total. The summed E-state index contributed by atoms with van der Waals surface area (Å²) in [6, 6.07) is 12.4. The van der Waals surface area contributed by atoms with Crippen LogP contribution in [0.5, 0.6) is 0 Å².